The van der Waals surface area contributed by atoms with Crippen molar-refractivity contribution >= 4 is 12.0 Å². The molecule has 1 fully saturated rings. The molecule has 0 aromatic rings. The molecular formula is C15H28N2O4. The number of aliphatic hydroxyl groups is 1. The van der Waals surface area contributed by atoms with Crippen molar-refractivity contribution in [2.24, 2.45) is 5.41 Å². The lowest BCUT2D eigenvalue weighted by Gasteiger charge is -2.41. The fourth-order valence-electron chi connectivity index (χ4n) is 3.03. The van der Waals surface area contributed by atoms with Crippen LogP contribution in [0.3, 0.4) is 0 Å². The molecule has 2 N–H and O–H groups in total. The number of piperidine rings is 1. The van der Waals surface area contributed by atoms with Crippen LogP contribution in [0.2, 0.25) is 0 Å². The molecule has 0 radical (unpaired) electrons. The van der Waals surface area contributed by atoms with Gasteiger partial charge in [0.05, 0.1) is 12.0 Å². The Morgan fingerprint density at radius 3 is 2.43 bits per heavy atom. The number of urea groups is 1. The molecule has 1 unspecified atom stereocenters. The van der Waals surface area contributed by atoms with Crippen molar-refractivity contribution in [3.05, 3.63) is 0 Å². The summed E-state index contributed by atoms with van der Waals surface area (Å²) in [7, 11) is 0. The minimum Gasteiger partial charge on any atom is -0.481 e. The number of carbonyl (C=O) groups excluding carboxylic acids is 1. The van der Waals surface area contributed by atoms with Gasteiger partial charge < -0.3 is 20.0 Å². The fraction of sp³-hybridized carbons (Fsp3) is 0.867. The van der Waals surface area contributed by atoms with Crippen molar-refractivity contribution < 1.29 is 19.8 Å². The molecule has 0 spiro atoms. The molecule has 21 heavy (non-hydrogen) atoms. The van der Waals surface area contributed by atoms with Gasteiger partial charge in [0.25, 0.3) is 0 Å². The number of aliphatic hydroxyl groups excluding tert-OH is 1. The molecule has 1 aliphatic rings. The average molecular weight is 300 g/mol. The number of amides is 2. The minimum absolute atomic E-state index is 0.0771. The molecule has 0 bridgehead atoms. The molecule has 0 aliphatic carbocycles. The van der Waals surface area contributed by atoms with E-state index in [4.69, 9.17) is 0 Å². The lowest BCUT2D eigenvalue weighted by molar-refractivity contribution is -0.150. The first-order chi connectivity index (χ1) is 9.89. The fourth-order valence-corrected chi connectivity index (χ4v) is 3.03. The third kappa shape index (κ3) is 4.09. The van der Waals surface area contributed by atoms with Crippen LogP contribution in [0.25, 0.3) is 0 Å². The zero-order chi connectivity index (χ0) is 16.0. The first-order valence-electron chi connectivity index (χ1n) is 7.79. The number of rotatable bonds is 6. The summed E-state index contributed by atoms with van der Waals surface area (Å²) in [5.74, 6) is -0.851. The molecule has 122 valence electrons. The highest BCUT2D eigenvalue weighted by Gasteiger charge is 2.40. The SMILES string of the molecule is CCC(CC)N(CCO)C(=O)N1CCCC(C)(C(=O)O)C1. The number of carboxylic acids is 1. The van der Waals surface area contributed by atoms with Gasteiger partial charge in [-0.3, -0.25) is 4.79 Å². The number of carbonyl (C=O) groups is 2. The van der Waals surface area contributed by atoms with Gasteiger partial charge in [-0.05, 0) is 32.6 Å². The van der Waals surface area contributed by atoms with Crippen LogP contribution >= 0.6 is 0 Å². The average Bonchev–Trinajstić information content (AvgIpc) is 2.46. The Labute approximate surface area is 126 Å². The van der Waals surface area contributed by atoms with E-state index >= 15 is 0 Å². The van der Waals surface area contributed by atoms with E-state index in [2.05, 4.69) is 0 Å². The van der Waals surface area contributed by atoms with Crippen LogP contribution in [0.1, 0.15) is 46.5 Å². The van der Waals surface area contributed by atoms with Gasteiger partial charge in [-0.25, -0.2) is 4.79 Å². The second kappa shape index (κ2) is 7.64. The molecule has 1 rings (SSSR count). The van der Waals surface area contributed by atoms with Gasteiger partial charge in [-0.1, -0.05) is 13.8 Å². The molecule has 1 aliphatic heterocycles. The largest absolute Gasteiger partial charge is 0.481 e. The van der Waals surface area contributed by atoms with E-state index in [-0.39, 0.29) is 25.2 Å². The Morgan fingerprint density at radius 1 is 1.33 bits per heavy atom. The molecule has 1 atom stereocenters. The third-order valence-electron chi connectivity index (χ3n) is 4.45. The summed E-state index contributed by atoms with van der Waals surface area (Å²) in [5, 5.41) is 18.6. The summed E-state index contributed by atoms with van der Waals surface area (Å²) in [6, 6.07) is -0.0624. The summed E-state index contributed by atoms with van der Waals surface area (Å²) in [5.41, 5.74) is -0.868. The van der Waals surface area contributed by atoms with E-state index in [1.54, 1.807) is 16.7 Å². The van der Waals surface area contributed by atoms with Crippen LogP contribution in [0.15, 0.2) is 0 Å². The summed E-state index contributed by atoms with van der Waals surface area (Å²) >= 11 is 0. The van der Waals surface area contributed by atoms with Gasteiger partial charge in [-0.15, -0.1) is 0 Å². The zero-order valence-electron chi connectivity index (χ0n) is 13.3. The van der Waals surface area contributed by atoms with Crippen molar-refractivity contribution in [3.63, 3.8) is 0 Å². The molecule has 2 amide bonds. The van der Waals surface area contributed by atoms with Gasteiger partial charge in [0.2, 0.25) is 0 Å². The minimum atomic E-state index is -0.868. The molecule has 6 nitrogen and oxygen atoms in total. The molecule has 0 aromatic carbocycles. The molecule has 0 aromatic heterocycles. The summed E-state index contributed by atoms with van der Waals surface area (Å²) < 4.78 is 0. The van der Waals surface area contributed by atoms with E-state index in [0.717, 1.165) is 12.8 Å². The van der Waals surface area contributed by atoms with Gasteiger partial charge in [0.1, 0.15) is 0 Å². The van der Waals surface area contributed by atoms with Crippen LogP contribution in [-0.4, -0.2) is 64.3 Å². The Kier molecular flexibility index (Phi) is 6.45. The Bertz CT molecular complexity index is 371. The smallest absolute Gasteiger partial charge is 0.320 e. The highest BCUT2D eigenvalue weighted by Crippen LogP contribution is 2.30. The topological polar surface area (TPSA) is 81.1 Å². The summed E-state index contributed by atoms with van der Waals surface area (Å²) in [6.45, 7) is 6.78. The van der Waals surface area contributed by atoms with Crippen LogP contribution in [0.5, 0.6) is 0 Å². The molecule has 1 saturated heterocycles. The highest BCUT2D eigenvalue weighted by atomic mass is 16.4. The van der Waals surface area contributed by atoms with Gasteiger partial charge in [-0.2, -0.15) is 0 Å². The second-order valence-electron chi connectivity index (χ2n) is 6.06. The van der Waals surface area contributed by atoms with Crippen molar-refractivity contribution in [1.29, 1.82) is 0 Å². The van der Waals surface area contributed by atoms with Crippen LogP contribution in [0, 0.1) is 5.41 Å². The monoisotopic (exact) mass is 300 g/mol. The summed E-state index contributed by atoms with van der Waals surface area (Å²) in [6.07, 6.45) is 2.94. The quantitative estimate of drug-likeness (QED) is 0.783. The lowest BCUT2D eigenvalue weighted by atomic mass is 9.82. The predicted molar refractivity (Wildman–Crippen MR) is 80.1 cm³/mol. The second-order valence-corrected chi connectivity index (χ2v) is 6.06. The normalized spacial score (nSPS) is 22.4. The van der Waals surface area contributed by atoms with Gasteiger partial charge >= 0.3 is 12.0 Å². The maximum Gasteiger partial charge on any atom is 0.320 e. The first kappa shape index (κ1) is 17.8. The maximum absolute atomic E-state index is 12.7. The number of likely N-dealkylation sites (tertiary alicyclic amines) is 1. The van der Waals surface area contributed by atoms with Gasteiger partial charge in [0, 0.05) is 25.7 Å². The number of nitrogens with zero attached hydrogens (tertiary/aromatic N) is 2. The van der Waals surface area contributed by atoms with Crippen molar-refractivity contribution in [1.82, 2.24) is 9.80 Å². The van der Waals surface area contributed by atoms with Crippen molar-refractivity contribution in [2.75, 3.05) is 26.2 Å². The Balaban J connectivity index is 2.85. The Hall–Kier alpha value is -1.30. The predicted octanol–water partition coefficient (Wildman–Crippen LogP) is 1.78. The molecule has 1 heterocycles. The zero-order valence-corrected chi connectivity index (χ0v) is 13.3. The molecule has 0 saturated carbocycles. The maximum atomic E-state index is 12.7. The highest BCUT2D eigenvalue weighted by molar-refractivity contribution is 5.78. The van der Waals surface area contributed by atoms with Crippen LogP contribution in [0.4, 0.5) is 4.79 Å². The number of hydrogen-bond donors (Lipinski definition) is 2. The number of aliphatic carboxylic acids is 1. The lowest BCUT2D eigenvalue weighted by Crippen LogP contribution is -2.55. The van der Waals surface area contributed by atoms with Crippen molar-refractivity contribution in [3.8, 4) is 0 Å². The van der Waals surface area contributed by atoms with Crippen LogP contribution in [-0.2, 0) is 4.79 Å². The standard InChI is InChI=1S/C15H28N2O4/c1-4-12(5-2)17(9-10-18)14(21)16-8-6-7-15(3,11-16)13(19)20/h12,18H,4-11H2,1-3H3,(H,19,20). The van der Waals surface area contributed by atoms with Crippen LogP contribution < -0.4 is 0 Å². The van der Waals surface area contributed by atoms with E-state index < -0.39 is 11.4 Å². The van der Waals surface area contributed by atoms with Crippen molar-refractivity contribution in [2.45, 2.75) is 52.5 Å². The van der Waals surface area contributed by atoms with E-state index in [0.29, 0.717) is 25.9 Å². The van der Waals surface area contributed by atoms with E-state index in [1.807, 2.05) is 13.8 Å². The Morgan fingerprint density at radius 2 is 1.95 bits per heavy atom. The molecular weight excluding hydrogens is 272 g/mol. The van der Waals surface area contributed by atoms with E-state index in [1.165, 1.54) is 0 Å². The third-order valence-corrected chi connectivity index (χ3v) is 4.45. The number of carboxylic acid groups (broad SMARTS) is 1. The first-order valence-corrected chi connectivity index (χ1v) is 7.79. The van der Waals surface area contributed by atoms with E-state index in [9.17, 15) is 19.8 Å². The summed E-state index contributed by atoms with van der Waals surface area (Å²) in [4.78, 5) is 27.4. The van der Waals surface area contributed by atoms with Gasteiger partial charge in [0.15, 0.2) is 0 Å². The molecule has 6 heteroatoms. The number of hydrogen-bond acceptors (Lipinski definition) is 3.